The fourth-order valence-corrected chi connectivity index (χ4v) is 2.04. The lowest BCUT2D eigenvalue weighted by molar-refractivity contribution is 0.433. The fraction of sp³-hybridized carbons (Fsp3) is 0.333. The van der Waals surface area contributed by atoms with E-state index in [9.17, 15) is 0 Å². The van der Waals surface area contributed by atoms with Crippen LogP contribution in [0.4, 0.5) is 0 Å². The van der Waals surface area contributed by atoms with E-state index in [2.05, 4.69) is 10.1 Å². The first-order chi connectivity index (χ1) is 7.83. The van der Waals surface area contributed by atoms with E-state index in [0.717, 1.165) is 36.6 Å². The van der Waals surface area contributed by atoms with Gasteiger partial charge in [0.05, 0.1) is 0 Å². The molecule has 0 aliphatic carbocycles. The second kappa shape index (κ2) is 4.85. The first kappa shape index (κ1) is 12.1. The summed E-state index contributed by atoms with van der Waals surface area (Å²) >= 11 is 0. The van der Waals surface area contributed by atoms with Crippen molar-refractivity contribution >= 4 is 12.4 Å². The summed E-state index contributed by atoms with van der Waals surface area (Å²) in [6, 6.07) is 10.3. The van der Waals surface area contributed by atoms with Gasteiger partial charge in [0.1, 0.15) is 5.82 Å². The van der Waals surface area contributed by atoms with Crippen molar-refractivity contribution in [3.05, 3.63) is 36.2 Å². The smallest absolute Gasteiger partial charge is 0.181 e. The summed E-state index contributed by atoms with van der Waals surface area (Å²) < 4.78 is 1.98. The Morgan fingerprint density at radius 2 is 2.00 bits per heavy atom. The summed E-state index contributed by atoms with van der Waals surface area (Å²) in [7, 11) is 0. The normalized spacial score (nSPS) is 18.3. The Balaban J connectivity index is 0.00000108. The Morgan fingerprint density at radius 3 is 2.76 bits per heavy atom. The van der Waals surface area contributed by atoms with Crippen LogP contribution in [0.5, 0.6) is 0 Å². The molecule has 3 rings (SSSR count). The number of halogens is 1. The highest BCUT2D eigenvalue weighted by molar-refractivity contribution is 5.85. The van der Waals surface area contributed by atoms with Crippen LogP contribution in [0.15, 0.2) is 30.3 Å². The Labute approximate surface area is 106 Å². The van der Waals surface area contributed by atoms with Crippen LogP contribution in [0.25, 0.3) is 11.4 Å². The third kappa shape index (κ3) is 2.33. The Kier molecular flexibility index (Phi) is 3.45. The number of hydrogen-bond donors (Lipinski definition) is 1. The Bertz CT molecular complexity index is 494. The highest BCUT2D eigenvalue weighted by Crippen LogP contribution is 2.18. The van der Waals surface area contributed by atoms with Gasteiger partial charge in [-0.3, -0.25) is 0 Å². The van der Waals surface area contributed by atoms with Gasteiger partial charge in [0.2, 0.25) is 0 Å². The predicted molar refractivity (Wildman–Crippen MR) is 69.0 cm³/mol. The number of fused-ring (bicyclic) bond motifs is 1. The van der Waals surface area contributed by atoms with Crippen LogP contribution in [0.2, 0.25) is 0 Å². The molecule has 1 aliphatic heterocycles. The maximum atomic E-state index is 5.92. The average molecular weight is 251 g/mol. The lowest BCUT2D eigenvalue weighted by Crippen LogP contribution is -2.31. The van der Waals surface area contributed by atoms with Crippen molar-refractivity contribution in [2.24, 2.45) is 5.73 Å². The van der Waals surface area contributed by atoms with Crippen molar-refractivity contribution in [1.29, 1.82) is 0 Å². The highest BCUT2D eigenvalue weighted by Gasteiger charge is 2.19. The van der Waals surface area contributed by atoms with E-state index in [1.807, 2.05) is 35.0 Å². The zero-order chi connectivity index (χ0) is 11.0. The molecule has 2 heterocycles. The van der Waals surface area contributed by atoms with Crippen LogP contribution in [0, 0.1) is 0 Å². The summed E-state index contributed by atoms with van der Waals surface area (Å²) in [5.41, 5.74) is 6.98. The molecule has 0 fully saturated rings. The molecule has 0 radical (unpaired) electrons. The third-order valence-electron chi connectivity index (χ3n) is 2.94. The highest BCUT2D eigenvalue weighted by atomic mass is 35.5. The van der Waals surface area contributed by atoms with E-state index in [-0.39, 0.29) is 18.4 Å². The van der Waals surface area contributed by atoms with Gasteiger partial charge in [-0.2, -0.15) is 5.10 Å². The molecule has 1 aromatic heterocycles. The molecule has 17 heavy (non-hydrogen) atoms. The summed E-state index contributed by atoms with van der Waals surface area (Å²) in [5.74, 6) is 1.82. The molecule has 0 spiro atoms. The monoisotopic (exact) mass is 250 g/mol. The molecule has 5 heteroatoms. The second-order valence-electron chi connectivity index (χ2n) is 4.19. The minimum atomic E-state index is 0. The summed E-state index contributed by atoms with van der Waals surface area (Å²) in [6.07, 6.45) is 1.82. The van der Waals surface area contributed by atoms with E-state index in [0.29, 0.717) is 0 Å². The molecule has 1 aromatic carbocycles. The first-order valence-electron chi connectivity index (χ1n) is 5.57. The molecular formula is C12H15ClN4. The lowest BCUT2D eigenvalue weighted by atomic mass is 10.1. The Morgan fingerprint density at radius 1 is 1.24 bits per heavy atom. The van der Waals surface area contributed by atoms with Crippen molar-refractivity contribution in [3.8, 4) is 11.4 Å². The minimum absolute atomic E-state index is 0. The molecule has 1 aliphatic rings. The average Bonchev–Trinajstić information content (AvgIpc) is 2.73. The molecule has 0 amide bonds. The van der Waals surface area contributed by atoms with Crippen molar-refractivity contribution in [1.82, 2.24) is 14.8 Å². The fourth-order valence-electron chi connectivity index (χ4n) is 2.04. The van der Waals surface area contributed by atoms with Crippen LogP contribution in [0.1, 0.15) is 12.2 Å². The van der Waals surface area contributed by atoms with Crippen LogP contribution >= 0.6 is 12.4 Å². The molecule has 1 unspecified atom stereocenters. The first-order valence-corrected chi connectivity index (χ1v) is 5.57. The maximum absolute atomic E-state index is 5.92. The summed E-state index contributed by atoms with van der Waals surface area (Å²) in [4.78, 5) is 4.54. The SMILES string of the molecule is Cl.NC1CCn2nc(-c3ccccc3)nc2C1. The molecule has 90 valence electrons. The zero-order valence-electron chi connectivity index (χ0n) is 9.41. The van der Waals surface area contributed by atoms with Gasteiger partial charge in [0, 0.05) is 24.6 Å². The molecule has 0 saturated carbocycles. The number of hydrogen-bond acceptors (Lipinski definition) is 3. The van der Waals surface area contributed by atoms with Gasteiger partial charge in [0.25, 0.3) is 0 Å². The van der Waals surface area contributed by atoms with Crippen molar-refractivity contribution < 1.29 is 0 Å². The van der Waals surface area contributed by atoms with E-state index in [1.54, 1.807) is 0 Å². The number of nitrogens with two attached hydrogens (primary N) is 1. The molecule has 4 nitrogen and oxygen atoms in total. The van der Waals surface area contributed by atoms with Gasteiger partial charge in [0.15, 0.2) is 5.82 Å². The second-order valence-corrected chi connectivity index (χ2v) is 4.19. The van der Waals surface area contributed by atoms with Gasteiger partial charge in [-0.25, -0.2) is 9.67 Å². The maximum Gasteiger partial charge on any atom is 0.181 e. The molecular weight excluding hydrogens is 236 g/mol. The van der Waals surface area contributed by atoms with Gasteiger partial charge in [-0.15, -0.1) is 12.4 Å². The summed E-state index contributed by atoms with van der Waals surface area (Å²) in [5, 5.41) is 4.51. The summed E-state index contributed by atoms with van der Waals surface area (Å²) in [6.45, 7) is 0.885. The molecule has 2 aromatic rings. The van der Waals surface area contributed by atoms with Gasteiger partial charge >= 0.3 is 0 Å². The van der Waals surface area contributed by atoms with Crippen LogP contribution < -0.4 is 5.73 Å². The Hall–Kier alpha value is -1.39. The number of aryl methyl sites for hydroxylation is 1. The van der Waals surface area contributed by atoms with E-state index in [4.69, 9.17) is 5.73 Å². The minimum Gasteiger partial charge on any atom is -0.327 e. The van der Waals surface area contributed by atoms with E-state index in [1.165, 1.54) is 0 Å². The standard InChI is InChI=1S/C12H14N4.ClH/c13-10-6-7-16-11(8-10)14-12(15-16)9-4-2-1-3-5-9;/h1-5,10H,6-8,13H2;1H. The molecule has 1 atom stereocenters. The predicted octanol–water partition coefficient (Wildman–Crippen LogP) is 1.64. The van der Waals surface area contributed by atoms with E-state index >= 15 is 0 Å². The van der Waals surface area contributed by atoms with Gasteiger partial charge in [-0.1, -0.05) is 30.3 Å². The largest absolute Gasteiger partial charge is 0.327 e. The quantitative estimate of drug-likeness (QED) is 0.837. The van der Waals surface area contributed by atoms with Crippen LogP contribution in [0.3, 0.4) is 0 Å². The molecule has 0 saturated heterocycles. The van der Waals surface area contributed by atoms with E-state index < -0.39 is 0 Å². The third-order valence-corrected chi connectivity index (χ3v) is 2.94. The topological polar surface area (TPSA) is 56.7 Å². The number of aromatic nitrogens is 3. The van der Waals surface area contributed by atoms with Crippen LogP contribution in [-0.2, 0) is 13.0 Å². The lowest BCUT2D eigenvalue weighted by Gasteiger charge is -2.17. The van der Waals surface area contributed by atoms with Gasteiger partial charge in [-0.05, 0) is 6.42 Å². The van der Waals surface area contributed by atoms with Crippen molar-refractivity contribution in [2.45, 2.75) is 25.4 Å². The number of benzene rings is 1. The van der Waals surface area contributed by atoms with Crippen molar-refractivity contribution in [2.75, 3.05) is 0 Å². The molecule has 0 bridgehead atoms. The number of rotatable bonds is 1. The van der Waals surface area contributed by atoms with Gasteiger partial charge < -0.3 is 5.73 Å². The van der Waals surface area contributed by atoms with Crippen molar-refractivity contribution in [3.63, 3.8) is 0 Å². The zero-order valence-corrected chi connectivity index (χ0v) is 10.2. The molecule has 2 N–H and O–H groups in total. The van der Waals surface area contributed by atoms with Crippen LogP contribution in [-0.4, -0.2) is 20.8 Å². The number of nitrogens with zero attached hydrogens (tertiary/aromatic N) is 3.